The van der Waals surface area contributed by atoms with Gasteiger partial charge in [0, 0.05) is 25.7 Å². The number of aryl methyl sites for hydroxylation is 1. The summed E-state index contributed by atoms with van der Waals surface area (Å²) in [5, 5.41) is 0. The molecule has 3 heterocycles. The van der Waals surface area contributed by atoms with Crippen LogP contribution < -0.4 is 11.4 Å². The molecule has 0 radical (unpaired) electrons. The van der Waals surface area contributed by atoms with Gasteiger partial charge in [-0.2, -0.15) is 4.98 Å². The Morgan fingerprint density at radius 1 is 1.13 bits per heavy atom. The lowest BCUT2D eigenvalue weighted by atomic mass is 9.99. The number of aromatic nitrogens is 3. The molecule has 1 aromatic carbocycles. The maximum atomic E-state index is 14.9. The van der Waals surface area contributed by atoms with Crippen molar-refractivity contribution in [2.75, 3.05) is 6.54 Å². The van der Waals surface area contributed by atoms with Gasteiger partial charge in [0.05, 0.1) is 19.3 Å². The van der Waals surface area contributed by atoms with E-state index in [1.54, 1.807) is 19.1 Å². The van der Waals surface area contributed by atoms with Crippen LogP contribution in [0.15, 0.2) is 33.9 Å². The number of ether oxygens (including phenoxy) is 1. The molecule has 9 heteroatoms. The van der Waals surface area contributed by atoms with Crippen LogP contribution in [0, 0.1) is 12.7 Å². The van der Waals surface area contributed by atoms with Gasteiger partial charge in [0.15, 0.2) is 0 Å². The Morgan fingerprint density at radius 3 is 2.42 bits per heavy atom. The lowest BCUT2D eigenvalue weighted by molar-refractivity contribution is -0.0341. The van der Waals surface area contributed by atoms with Gasteiger partial charge in [0.1, 0.15) is 17.8 Å². The van der Waals surface area contributed by atoms with Gasteiger partial charge in [0.25, 0.3) is 0 Å². The summed E-state index contributed by atoms with van der Waals surface area (Å²) in [6.07, 6.45) is 2.36. The average molecular weight is 434 g/mol. The molecular weight excluding hydrogens is 406 g/mol. The molecule has 1 aromatic heterocycles. The summed E-state index contributed by atoms with van der Waals surface area (Å²) in [5.74, 6) is 0.0415. The van der Waals surface area contributed by atoms with E-state index in [2.05, 4.69) is 9.88 Å². The third-order valence-electron chi connectivity index (χ3n) is 6.52. The highest BCUT2D eigenvalue weighted by atomic mass is 19.1. The van der Waals surface area contributed by atoms with Gasteiger partial charge in [-0.1, -0.05) is 12.1 Å². The first-order valence-corrected chi connectivity index (χ1v) is 10.7. The second kappa shape index (κ2) is 9.00. The Bertz CT molecular complexity index is 1020. The summed E-state index contributed by atoms with van der Waals surface area (Å²) in [7, 11) is 1.52. The van der Waals surface area contributed by atoms with E-state index < -0.39 is 17.6 Å². The molecule has 168 valence electrons. The minimum absolute atomic E-state index is 0.0908. The van der Waals surface area contributed by atoms with Crippen LogP contribution in [0.1, 0.15) is 37.1 Å². The fraction of sp³-hybridized carbons (Fsp3) is 0.591. The molecule has 31 heavy (non-hydrogen) atoms. The molecule has 2 aliphatic rings. The predicted molar refractivity (Wildman–Crippen MR) is 111 cm³/mol. The molecule has 0 saturated carbocycles. The standard InChI is InChI=1S/C22H28F2N4O3/c1-14-25-21(29)28(22(30)26(14)2)12-17(24)11-27-18-7-8-19(27)10-20(9-18)31-13-15-3-5-16(23)6-4-15/h3-6,17-20H,7-13H2,1-2H3/t17-,18?,19?,20?/m1/s1. The van der Waals surface area contributed by atoms with Crippen molar-refractivity contribution in [3.63, 3.8) is 0 Å². The van der Waals surface area contributed by atoms with E-state index in [4.69, 9.17) is 4.74 Å². The highest BCUT2D eigenvalue weighted by Gasteiger charge is 2.41. The van der Waals surface area contributed by atoms with E-state index in [0.29, 0.717) is 12.4 Å². The monoisotopic (exact) mass is 434 g/mol. The smallest absolute Gasteiger partial charge is 0.353 e. The van der Waals surface area contributed by atoms with E-state index in [-0.39, 0.29) is 37.1 Å². The van der Waals surface area contributed by atoms with Crippen molar-refractivity contribution in [3.05, 3.63) is 62.4 Å². The van der Waals surface area contributed by atoms with Crippen molar-refractivity contribution in [1.82, 2.24) is 19.0 Å². The van der Waals surface area contributed by atoms with Crippen LogP contribution in [-0.2, 0) is 24.9 Å². The van der Waals surface area contributed by atoms with E-state index >= 15 is 0 Å². The van der Waals surface area contributed by atoms with Gasteiger partial charge in [-0.15, -0.1) is 0 Å². The molecule has 7 nitrogen and oxygen atoms in total. The Kier molecular flexibility index (Phi) is 6.34. The molecule has 4 rings (SSSR count). The number of fused-ring (bicyclic) bond motifs is 2. The minimum atomic E-state index is -1.34. The van der Waals surface area contributed by atoms with Crippen LogP contribution in [0.3, 0.4) is 0 Å². The molecule has 0 N–H and O–H groups in total. The second-order valence-corrected chi connectivity index (χ2v) is 8.60. The van der Waals surface area contributed by atoms with Crippen molar-refractivity contribution in [2.45, 2.75) is 70.1 Å². The third-order valence-corrected chi connectivity index (χ3v) is 6.52. The van der Waals surface area contributed by atoms with Crippen LogP contribution in [0.4, 0.5) is 8.78 Å². The summed E-state index contributed by atoms with van der Waals surface area (Å²) in [6.45, 7) is 1.89. The first-order valence-electron chi connectivity index (χ1n) is 10.7. The Balaban J connectivity index is 1.34. The lowest BCUT2D eigenvalue weighted by Crippen LogP contribution is -2.50. The number of nitrogens with zero attached hydrogens (tertiary/aromatic N) is 4. The number of benzene rings is 1. The van der Waals surface area contributed by atoms with E-state index in [1.807, 2.05) is 0 Å². The van der Waals surface area contributed by atoms with Gasteiger partial charge in [-0.05, 0) is 50.3 Å². The molecule has 2 unspecified atom stereocenters. The molecular formula is C22H28F2N4O3. The summed E-state index contributed by atoms with van der Waals surface area (Å²) in [4.78, 5) is 30.3. The lowest BCUT2D eigenvalue weighted by Gasteiger charge is -2.39. The molecule has 3 atom stereocenters. The molecule has 0 aliphatic carbocycles. The minimum Gasteiger partial charge on any atom is -0.373 e. The number of rotatable bonds is 7. The SMILES string of the molecule is Cc1nc(=O)n(C[C@H](F)CN2C3CCC2CC(OCc2ccc(F)cc2)C3)c(=O)n1C. The molecule has 2 saturated heterocycles. The largest absolute Gasteiger partial charge is 0.373 e. The van der Waals surface area contributed by atoms with Crippen molar-refractivity contribution in [1.29, 1.82) is 0 Å². The Labute approximate surface area is 179 Å². The highest BCUT2D eigenvalue weighted by Crippen LogP contribution is 2.37. The molecule has 2 aromatic rings. The van der Waals surface area contributed by atoms with Gasteiger partial charge >= 0.3 is 11.4 Å². The number of halogens is 2. The van der Waals surface area contributed by atoms with Gasteiger partial charge in [-0.3, -0.25) is 9.47 Å². The Morgan fingerprint density at radius 2 is 1.77 bits per heavy atom. The van der Waals surface area contributed by atoms with Crippen LogP contribution in [0.25, 0.3) is 0 Å². The molecule has 2 bridgehead atoms. The molecule has 0 amide bonds. The van der Waals surface area contributed by atoms with Crippen molar-refractivity contribution < 1.29 is 13.5 Å². The van der Waals surface area contributed by atoms with Crippen LogP contribution in [-0.4, -0.2) is 49.9 Å². The number of piperidine rings is 1. The first kappa shape index (κ1) is 21.8. The number of hydrogen-bond acceptors (Lipinski definition) is 5. The van der Waals surface area contributed by atoms with E-state index in [0.717, 1.165) is 35.8 Å². The first-order chi connectivity index (χ1) is 14.8. The predicted octanol–water partition coefficient (Wildman–Crippen LogP) is 1.94. The average Bonchev–Trinajstić information content (AvgIpc) is 2.96. The number of alkyl halides is 1. The fourth-order valence-corrected chi connectivity index (χ4v) is 4.77. The second-order valence-electron chi connectivity index (χ2n) is 8.60. The van der Waals surface area contributed by atoms with Crippen LogP contribution in [0.2, 0.25) is 0 Å². The zero-order chi connectivity index (χ0) is 22.1. The third kappa shape index (κ3) is 4.77. The molecule has 2 fully saturated rings. The van der Waals surface area contributed by atoms with Crippen molar-refractivity contribution in [3.8, 4) is 0 Å². The van der Waals surface area contributed by atoms with Crippen LogP contribution in [0.5, 0.6) is 0 Å². The molecule has 0 spiro atoms. The van der Waals surface area contributed by atoms with E-state index in [1.165, 1.54) is 23.7 Å². The highest BCUT2D eigenvalue weighted by molar-refractivity contribution is 5.15. The topological polar surface area (TPSA) is 69.4 Å². The summed E-state index contributed by atoms with van der Waals surface area (Å²) in [6, 6.07) is 6.75. The maximum absolute atomic E-state index is 14.9. The summed E-state index contributed by atoms with van der Waals surface area (Å²) >= 11 is 0. The quantitative estimate of drug-likeness (QED) is 0.666. The van der Waals surface area contributed by atoms with Gasteiger partial charge in [-0.25, -0.2) is 22.9 Å². The van der Waals surface area contributed by atoms with Crippen molar-refractivity contribution in [2.24, 2.45) is 7.05 Å². The van der Waals surface area contributed by atoms with Crippen molar-refractivity contribution >= 4 is 0 Å². The van der Waals surface area contributed by atoms with Crippen LogP contribution >= 0.6 is 0 Å². The fourth-order valence-electron chi connectivity index (χ4n) is 4.77. The molecule has 2 aliphatic heterocycles. The summed E-state index contributed by atoms with van der Waals surface area (Å²) < 4.78 is 36.1. The Hall–Kier alpha value is -2.39. The zero-order valence-corrected chi connectivity index (χ0v) is 17.8. The van der Waals surface area contributed by atoms with E-state index in [9.17, 15) is 18.4 Å². The zero-order valence-electron chi connectivity index (χ0n) is 17.8. The van der Waals surface area contributed by atoms with Gasteiger partial charge in [0.2, 0.25) is 0 Å². The van der Waals surface area contributed by atoms with Gasteiger partial charge < -0.3 is 4.74 Å². The maximum Gasteiger partial charge on any atom is 0.353 e. The summed E-state index contributed by atoms with van der Waals surface area (Å²) in [5.41, 5.74) is -0.325. The normalized spacial score (nSPS) is 24.5. The number of hydrogen-bond donors (Lipinski definition) is 0.